The Morgan fingerprint density at radius 1 is 1.38 bits per heavy atom. The van der Waals surface area contributed by atoms with Crippen molar-refractivity contribution < 1.29 is 0 Å². The van der Waals surface area contributed by atoms with Gasteiger partial charge in [-0.05, 0) is 31.4 Å². The van der Waals surface area contributed by atoms with Crippen molar-refractivity contribution in [3.05, 3.63) is 35.8 Å². The zero-order valence-electron chi connectivity index (χ0n) is 12.2. The second kappa shape index (κ2) is 7.11. The molecule has 0 atom stereocenters. The third kappa shape index (κ3) is 4.09. The molecule has 21 heavy (non-hydrogen) atoms. The summed E-state index contributed by atoms with van der Waals surface area (Å²) in [5.41, 5.74) is 9.02. The summed E-state index contributed by atoms with van der Waals surface area (Å²) < 4.78 is 2.03. The summed E-state index contributed by atoms with van der Waals surface area (Å²) in [6.07, 6.45) is 9.05. The van der Waals surface area contributed by atoms with Gasteiger partial charge in [-0.25, -0.2) is 9.98 Å². The summed E-state index contributed by atoms with van der Waals surface area (Å²) in [4.78, 5) is 8.91. The van der Waals surface area contributed by atoms with Gasteiger partial charge in [-0.2, -0.15) is 0 Å². The van der Waals surface area contributed by atoms with E-state index in [1.807, 2.05) is 16.7 Å². The van der Waals surface area contributed by atoms with Crippen LogP contribution in [0.3, 0.4) is 0 Å². The van der Waals surface area contributed by atoms with Crippen LogP contribution in [0.5, 0.6) is 0 Å². The van der Waals surface area contributed by atoms with Gasteiger partial charge < -0.3 is 15.5 Å². The minimum absolute atomic E-state index is 0. The summed E-state index contributed by atoms with van der Waals surface area (Å²) >= 11 is 0. The minimum Gasteiger partial charge on any atom is -0.370 e. The van der Waals surface area contributed by atoms with E-state index in [0.717, 1.165) is 11.3 Å². The van der Waals surface area contributed by atoms with Gasteiger partial charge in [0.2, 0.25) is 0 Å². The Morgan fingerprint density at radius 2 is 2.14 bits per heavy atom. The molecule has 2 heterocycles. The second-order valence-electron chi connectivity index (χ2n) is 5.53. The fourth-order valence-electron chi connectivity index (χ4n) is 2.72. The molecule has 3 N–H and O–H groups in total. The fourth-order valence-corrected chi connectivity index (χ4v) is 2.72. The number of pyridine rings is 1. The number of imidazole rings is 1. The van der Waals surface area contributed by atoms with Crippen LogP contribution >= 0.6 is 24.0 Å². The van der Waals surface area contributed by atoms with Crippen LogP contribution in [0.4, 0.5) is 0 Å². The van der Waals surface area contributed by atoms with Gasteiger partial charge in [0.1, 0.15) is 5.65 Å². The molecule has 0 amide bonds. The Bertz CT molecular complexity index is 628. The highest BCUT2D eigenvalue weighted by Crippen LogP contribution is 2.17. The maximum atomic E-state index is 5.92. The number of hydrogen-bond donors (Lipinski definition) is 2. The summed E-state index contributed by atoms with van der Waals surface area (Å²) in [6, 6.07) is 4.58. The molecule has 1 aliphatic rings. The van der Waals surface area contributed by atoms with Crippen LogP contribution in [0.1, 0.15) is 36.9 Å². The van der Waals surface area contributed by atoms with Crippen LogP contribution in [0.25, 0.3) is 5.65 Å². The van der Waals surface area contributed by atoms with E-state index in [1.165, 1.54) is 31.2 Å². The molecule has 1 fully saturated rings. The van der Waals surface area contributed by atoms with E-state index in [2.05, 4.69) is 34.5 Å². The van der Waals surface area contributed by atoms with E-state index in [1.54, 1.807) is 0 Å². The van der Waals surface area contributed by atoms with E-state index in [4.69, 9.17) is 5.73 Å². The van der Waals surface area contributed by atoms with Gasteiger partial charge in [-0.15, -0.1) is 24.0 Å². The SMILES string of the molecule is Cc1ccc2nc(CN=C(N)NC3CCCC3)cn2c1.I. The van der Waals surface area contributed by atoms with Gasteiger partial charge in [-0.3, -0.25) is 0 Å². The van der Waals surface area contributed by atoms with Gasteiger partial charge >= 0.3 is 0 Å². The number of fused-ring (bicyclic) bond motifs is 1. The third-order valence-corrected chi connectivity index (χ3v) is 3.77. The van der Waals surface area contributed by atoms with Crippen molar-refractivity contribution in [3.63, 3.8) is 0 Å². The van der Waals surface area contributed by atoms with Crippen molar-refractivity contribution >= 4 is 35.6 Å². The van der Waals surface area contributed by atoms with Crippen molar-refractivity contribution in [1.29, 1.82) is 0 Å². The lowest BCUT2D eigenvalue weighted by atomic mass is 10.2. The lowest BCUT2D eigenvalue weighted by Gasteiger charge is -2.11. The molecule has 2 aromatic heterocycles. The first-order valence-corrected chi connectivity index (χ1v) is 7.21. The number of nitrogens with two attached hydrogens (primary N) is 1. The van der Waals surface area contributed by atoms with Crippen LogP contribution in [-0.2, 0) is 6.54 Å². The molecule has 114 valence electrons. The number of nitrogens with one attached hydrogen (secondary N) is 1. The summed E-state index contributed by atoms with van der Waals surface area (Å²) in [5, 5.41) is 3.29. The lowest BCUT2D eigenvalue weighted by molar-refractivity contribution is 0.625. The molecular formula is C15H22IN5. The molecule has 0 aromatic carbocycles. The van der Waals surface area contributed by atoms with Crippen molar-refractivity contribution in [2.45, 2.75) is 45.2 Å². The number of aryl methyl sites for hydroxylation is 1. The Kier molecular flexibility index (Phi) is 5.44. The Labute approximate surface area is 142 Å². The third-order valence-electron chi connectivity index (χ3n) is 3.77. The highest BCUT2D eigenvalue weighted by Gasteiger charge is 2.14. The molecule has 2 aromatic rings. The molecule has 6 heteroatoms. The summed E-state index contributed by atoms with van der Waals surface area (Å²) in [7, 11) is 0. The van der Waals surface area contributed by atoms with Crippen molar-refractivity contribution in [3.8, 4) is 0 Å². The van der Waals surface area contributed by atoms with E-state index >= 15 is 0 Å². The molecule has 0 bridgehead atoms. The second-order valence-corrected chi connectivity index (χ2v) is 5.53. The first kappa shape index (κ1) is 16.1. The molecule has 0 aliphatic heterocycles. The Morgan fingerprint density at radius 3 is 2.90 bits per heavy atom. The Hall–Kier alpha value is -1.31. The number of rotatable bonds is 3. The monoisotopic (exact) mass is 399 g/mol. The first-order valence-electron chi connectivity index (χ1n) is 7.21. The summed E-state index contributed by atoms with van der Waals surface area (Å²) in [6.45, 7) is 2.59. The Balaban J connectivity index is 0.00000161. The van der Waals surface area contributed by atoms with E-state index in [9.17, 15) is 0 Å². The largest absolute Gasteiger partial charge is 0.370 e. The highest BCUT2D eigenvalue weighted by molar-refractivity contribution is 14.0. The van der Waals surface area contributed by atoms with Gasteiger partial charge in [0, 0.05) is 18.4 Å². The maximum absolute atomic E-state index is 5.92. The predicted octanol–water partition coefficient (Wildman–Crippen LogP) is 2.61. The average molecular weight is 399 g/mol. The van der Waals surface area contributed by atoms with Crippen molar-refractivity contribution in [2.24, 2.45) is 10.7 Å². The predicted molar refractivity (Wildman–Crippen MR) is 96.1 cm³/mol. The smallest absolute Gasteiger partial charge is 0.189 e. The highest BCUT2D eigenvalue weighted by atomic mass is 127. The molecule has 0 unspecified atom stereocenters. The molecule has 1 saturated carbocycles. The fraction of sp³-hybridized carbons (Fsp3) is 0.467. The quantitative estimate of drug-likeness (QED) is 0.474. The molecule has 1 aliphatic carbocycles. The van der Waals surface area contributed by atoms with E-state index in [0.29, 0.717) is 18.5 Å². The first-order chi connectivity index (χ1) is 9.70. The molecule has 5 nitrogen and oxygen atoms in total. The zero-order chi connectivity index (χ0) is 13.9. The van der Waals surface area contributed by atoms with Crippen LogP contribution in [0, 0.1) is 6.92 Å². The van der Waals surface area contributed by atoms with Crippen molar-refractivity contribution in [2.75, 3.05) is 0 Å². The number of halogens is 1. The normalized spacial score (nSPS) is 16.1. The van der Waals surface area contributed by atoms with E-state index < -0.39 is 0 Å². The lowest BCUT2D eigenvalue weighted by Crippen LogP contribution is -2.38. The van der Waals surface area contributed by atoms with Crippen molar-refractivity contribution in [1.82, 2.24) is 14.7 Å². The van der Waals surface area contributed by atoms with Gasteiger partial charge in [0.05, 0.1) is 12.2 Å². The molecule has 0 radical (unpaired) electrons. The number of aromatic nitrogens is 2. The number of nitrogens with zero attached hydrogens (tertiary/aromatic N) is 3. The van der Waals surface area contributed by atoms with Gasteiger partial charge in [-0.1, -0.05) is 18.9 Å². The zero-order valence-corrected chi connectivity index (χ0v) is 14.6. The molecule has 0 spiro atoms. The van der Waals surface area contributed by atoms with Crippen LogP contribution in [0.2, 0.25) is 0 Å². The summed E-state index contributed by atoms with van der Waals surface area (Å²) in [5.74, 6) is 0.533. The number of hydrogen-bond acceptors (Lipinski definition) is 2. The number of aliphatic imine (C=N–C) groups is 1. The molecule has 0 saturated heterocycles. The molecular weight excluding hydrogens is 377 g/mol. The van der Waals surface area contributed by atoms with Gasteiger partial charge in [0.25, 0.3) is 0 Å². The van der Waals surface area contributed by atoms with Gasteiger partial charge in [0.15, 0.2) is 5.96 Å². The van der Waals surface area contributed by atoms with Crippen LogP contribution < -0.4 is 11.1 Å². The van der Waals surface area contributed by atoms with E-state index in [-0.39, 0.29) is 24.0 Å². The standard InChI is InChI=1S/C15H21N5.HI/c1-11-6-7-14-18-13(10-20(14)9-11)8-17-15(16)19-12-4-2-3-5-12;/h6-7,9-10,12H,2-5,8H2,1H3,(H3,16,17,19);1H. The minimum atomic E-state index is 0. The number of guanidine groups is 1. The topological polar surface area (TPSA) is 67.7 Å². The maximum Gasteiger partial charge on any atom is 0.189 e. The van der Waals surface area contributed by atoms with Crippen LogP contribution in [0.15, 0.2) is 29.5 Å². The van der Waals surface area contributed by atoms with Crippen LogP contribution in [-0.4, -0.2) is 21.4 Å². The molecule has 3 rings (SSSR count). The average Bonchev–Trinajstić information content (AvgIpc) is 3.04.